The third-order valence-electron chi connectivity index (χ3n) is 2.18. The molecule has 1 aliphatic carbocycles. The first-order valence-electron chi connectivity index (χ1n) is 3.98. The fourth-order valence-electron chi connectivity index (χ4n) is 1.56. The molecule has 0 aliphatic heterocycles. The molecule has 0 atom stereocenters. The Morgan fingerprint density at radius 3 is 2.91 bits per heavy atom. The highest BCUT2D eigenvalue weighted by atomic mass is 35.5. The number of hydrogen-bond acceptors (Lipinski definition) is 1. The molecular formula is C8H13ClN2. The SMILES string of the molecule is Cl.c1n[nH]c2c1CCCCC2. The molecular weight excluding hydrogens is 160 g/mol. The fourth-order valence-corrected chi connectivity index (χ4v) is 1.56. The number of aromatic nitrogens is 2. The van der Waals surface area contributed by atoms with Gasteiger partial charge in [-0.2, -0.15) is 5.10 Å². The van der Waals surface area contributed by atoms with Gasteiger partial charge in [0.05, 0.1) is 6.20 Å². The summed E-state index contributed by atoms with van der Waals surface area (Å²) in [6.07, 6.45) is 8.45. The van der Waals surface area contributed by atoms with Crippen LogP contribution in [-0.2, 0) is 12.8 Å². The molecule has 0 saturated carbocycles. The van der Waals surface area contributed by atoms with Crippen LogP contribution in [0.4, 0.5) is 0 Å². The van der Waals surface area contributed by atoms with Gasteiger partial charge in [0.2, 0.25) is 0 Å². The lowest BCUT2D eigenvalue weighted by molar-refractivity contribution is 0.702. The van der Waals surface area contributed by atoms with E-state index in [0.717, 1.165) is 0 Å². The topological polar surface area (TPSA) is 28.7 Å². The van der Waals surface area contributed by atoms with Gasteiger partial charge in [0.1, 0.15) is 0 Å². The van der Waals surface area contributed by atoms with Gasteiger partial charge in [0.25, 0.3) is 0 Å². The first-order chi connectivity index (χ1) is 4.97. The maximum atomic E-state index is 4.02. The Morgan fingerprint density at radius 1 is 1.18 bits per heavy atom. The van der Waals surface area contributed by atoms with Crippen LogP contribution in [0.2, 0.25) is 0 Å². The van der Waals surface area contributed by atoms with Crippen molar-refractivity contribution in [1.82, 2.24) is 10.2 Å². The summed E-state index contributed by atoms with van der Waals surface area (Å²) >= 11 is 0. The average Bonchev–Trinajstić information content (AvgIpc) is 2.28. The van der Waals surface area contributed by atoms with Gasteiger partial charge in [0, 0.05) is 5.69 Å². The van der Waals surface area contributed by atoms with Crippen molar-refractivity contribution in [3.63, 3.8) is 0 Å². The molecule has 0 unspecified atom stereocenters. The molecule has 2 nitrogen and oxygen atoms in total. The second-order valence-corrected chi connectivity index (χ2v) is 2.93. The van der Waals surface area contributed by atoms with Crippen LogP contribution in [0, 0.1) is 0 Å². The van der Waals surface area contributed by atoms with E-state index in [1.54, 1.807) is 0 Å². The number of aryl methyl sites for hydroxylation is 2. The Balaban J connectivity index is 0.000000605. The molecule has 1 aromatic heterocycles. The molecule has 62 valence electrons. The highest BCUT2D eigenvalue weighted by Crippen LogP contribution is 2.17. The number of fused-ring (bicyclic) bond motifs is 1. The monoisotopic (exact) mass is 172 g/mol. The number of nitrogens with zero attached hydrogens (tertiary/aromatic N) is 1. The van der Waals surface area contributed by atoms with Crippen LogP contribution in [0.1, 0.15) is 30.5 Å². The number of aromatic amines is 1. The van der Waals surface area contributed by atoms with Crippen LogP contribution >= 0.6 is 12.4 Å². The second-order valence-electron chi connectivity index (χ2n) is 2.93. The predicted molar refractivity (Wildman–Crippen MR) is 47.1 cm³/mol. The number of halogens is 1. The van der Waals surface area contributed by atoms with Crippen LogP contribution < -0.4 is 0 Å². The molecule has 2 rings (SSSR count). The van der Waals surface area contributed by atoms with Gasteiger partial charge in [-0.15, -0.1) is 12.4 Å². The lowest BCUT2D eigenvalue weighted by atomic mass is 10.2. The Morgan fingerprint density at radius 2 is 2.00 bits per heavy atom. The van der Waals surface area contributed by atoms with Crippen LogP contribution in [0.25, 0.3) is 0 Å². The highest BCUT2D eigenvalue weighted by molar-refractivity contribution is 5.85. The maximum absolute atomic E-state index is 4.02. The second kappa shape index (κ2) is 3.77. The van der Waals surface area contributed by atoms with E-state index in [9.17, 15) is 0 Å². The van der Waals surface area contributed by atoms with Crippen molar-refractivity contribution in [3.8, 4) is 0 Å². The van der Waals surface area contributed by atoms with E-state index in [1.165, 1.54) is 43.4 Å². The van der Waals surface area contributed by atoms with Crippen LogP contribution in [0.3, 0.4) is 0 Å². The Kier molecular flexibility index (Phi) is 2.94. The van der Waals surface area contributed by atoms with E-state index in [-0.39, 0.29) is 12.4 Å². The summed E-state index contributed by atoms with van der Waals surface area (Å²) in [5.41, 5.74) is 2.81. The summed E-state index contributed by atoms with van der Waals surface area (Å²) in [5, 5.41) is 7.07. The van der Waals surface area contributed by atoms with Crippen molar-refractivity contribution in [1.29, 1.82) is 0 Å². The Labute approximate surface area is 72.8 Å². The fraction of sp³-hybridized carbons (Fsp3) is 0.625. The van der Waals surface area contributed by atoms with Gasteiger partial charge >= 0.3 is 0 Å². The third-order valence-corrected chi connectivity index (χ3v) is 2.18. The molecule has 0 saturated heterocycles. The number of H-pyrrole nitrogens is 1. The van der Waals surface area contributed by atoms with Crippen molar-refractivity contribution < 1.29 is 0 Å². The van der Waals surface area contributed by atoms with Gasteiger partial charge < -0.3 is 0 Å². The van der Waals surface area contributed by atoms with Crippen molar-refractivity contribution >= 4 is 12.4 Å². The van der Waals surface area contributed by atoms with Crippen LogP contribution in [0.15, 0.2) is 6.20 Å². The highest BCUT2D eigenvalue weighted by Gasteiger charge is 2.07. The molecule has 0 spiro atoms. The summed E-state index contributed by atoms with van der Waals surface area (Å²) in [7, 11) is 0. The average molecular weight is 173 g/mol. The lowest BCUT2D eigenvalue weighted by Gasteiger charge is -1.91. The van der Waals surface area contributed by atoms with Gasteiger partial charge in [-0.25, -0.2) is 0 Å². The summed E-state index contributed by atoms with van der Waals surface area (Å²) in [6, 6.07) is 0. The first kappa shape index (κ1) is 8.60. The van der Waals surface area contributed by atoms with Crippen molar-refractivity contribution in [2.75, 3.05) is 0 Å². The van der Waals surface area contributed by atoms with Crippen LogP contribution in [-0.4, -0.2) is 10.2 Å². The molecule has 1 heterocycles. The molecule has 0 bridgehead atoms. The van der Waals surface area contributed by atoms with E-state index in [0.29, 0.717) is 0 Å². The van der Waals surface area contributed by atoms with E-state index in [2.05, 4.69) is 10.2 Å². The molecule has 1 aliphatic rings. The predicted octanol–water partition coefficient (Wildman–Crippen LogP) is 2.10. The minimum atomic E-state index is 0. The molecule has 0 radical (unpaired) electrons. The quantitative estimate of drug-likeness (QED) is 0.597. The lowest BCUT2D eigenvalue weighted by Crippen LogP contribution is -1.85. The molecule has 0 fully saturated rings. The minimum absolute atomic E-state index is 0. The molecule has 1 aromatic rings. The number of rotatable bonds is 0. The Bertz CT molecular complexity index is 199. The molecule has 0 aromatic carbocycles. The van der Waals surface area contributed by atoms with Gasteiger partial charge in [0.15, 0.2) is 0 Å². The minimum Gasteiger partial charge on any atom is -0.282 e. The zero-order valence-corrected chi connectivity index (χ0v) is 7.28. The normalized spacial score (nSPS) is 16.4. The van der Waals surface area contributed by atoms with Gasteiger partial charge in [-0.05, 0) is 31.2 Å². The summed E-state index contributed by atoms with van der Waals surface area (Å²) < 4.78 is 0. The van der Waals surface area contributed by atoms with E-state index in [1.807, 2.05) is 6.20 Å². The number of hydrogen-bond donors (Lipinski definition) is 1. The third kappa shape index (κ3) is 1.74. The first-order valence-corrected chi connectivity index (χ1v) is 3.98. The molecule has 11 heavy (non-hydrogen) atoms. The molecule has 0 amide bonds. The zero-order chi connectivity index (χ0) is 6.81. The smallest absolute Gasteiger partial charge is 0.0522 e. The van der Waals surface area contributed by atoms with Crippen LogP contribution in [0.5, 0.6) is 0 Å². The largest absolute Gasteiger partial charge is 0.282 e. The van der Waals surface area contributed by atoms with Crippen molar-refractivity contribution in [2.45, 2.75) is 32.1 Å². The van der Waals surface area contributed by atoms with Gasteiger partial charge in [-0.3, -0.25) is 5.10 Å². The molecule has 3 heteroatoms. The van der Waals surface area contributed by atoms with E-state index in [4.69, 9.17) is 0 Å². The molecule has 1 N–H and O–H groups in total. The van der Waals surface area contributed by atoms with Gasteiger partial charge in [-0.1, -0.05) is 6.42 Å². The number of nitrogens with one attached hydrogen (secondary N) is 1. The zero-order valence-electron chi connectivity index (χ0n) is 6.47. The van der Waals surface area contributed by atoms with E-state index < -0.39 is 0 Å². The van der Waals surface area contributed by atoms with Crippen molar-refractivity contribution in [3.05, 3.63) is 17.5 Å². The summed E-state index contributed by atoms with van der Waals surface area (Å²) in [4.78, 5) is 0. The van der Waals surface area contributed by atoms with Crippen molar-refractivity contribution in [2.24, 2.45) is 0 Å². The standard InChI is InChI=1S/C8H12N2.ClH/c1-2-4-7-6-9-10-8(7)5-3-1;/h6H,1-5H2,(H,9,10);1H. The maximum Gasteiger partial charge on any atom is 0.0522 e. The summed E-state index contributed by atoms with van der Waals surface area (Å²) in [6.45, 7) is 0. The van der Waals surface area contributed by atoms with E-state index >= 15 is 0 Å². The summed E-state index contributed by atoms with van der Waals surface area (Å²) in [5.74, 6) is 0. The Hall–Kier alpha value is -0.500.